The van der Waals surface area contributed by atoms with Crippen LogP contribution >= 0.6 is 0 Å². The summed E-state index contributed by atoms with van der Waals surface area (Å²) in [7, 11) is -1.77. The first-order valence-corrected chi connectivity index (χ1v) is 8.13. The maximum atomic E-state index is 12.8. The summed E-state index contributed by atoms with van der Waals surface area (Å²) in [5, 5.41) is 0. The van der Waals surface area contributed by atoms with E-state index in [1.54, 1.807) is 26.1 Å². The third kappa shape index (κ3) is 2.49. The van der Waals surface area contributed by atoms with Gasteiger partial charge in [-0.05, 0) is 43.9 Å². The Labute approximate surface area is 115 Å². The first-order valence-electron chi connectivity index (χ1n) is 6.69. The summed E-state index contributed by atoms with van der Waals surface area (Å²) in [5.74, 6) is 0. The smallest absolute Gasteiger partial charge is 0.243 e. The van der Waals surface area contributed by atoms with Crippen LogP contribution in [0.15, 0.2) is 17.0 Å². The quantitative estimate of drug-likeness (QED) is 0.866. The molecule has 0 atom stereocenters. The highest BCUT2D eigenvalue weighted by Gasteiger charge is 2.32. The highest BCUT2D eigenvalue weighted by Crippen LogP contribution is 2.31. The Bertz CT molecular complexity index is 575. The van der Waals surface area contributed by atoms with Crippen LogP contribution < -0.4 is 5.73 Å². The summed E-state index contributed by atoms with van der Waals surface area (Å²) in [6, 6.07) is 3.67. The largest absolute Gasteiger partial charge is 0.398 e. The van der Waals surface area contributed by atoms with Crippen LogP contribution in [0.4, 0.5) is 5.69 Å². The second-order valence-electron chi connectivity index (χ2n) is 5.39. The molecule has 1 saturated carbocycles. The highest BCUT2D eigenvalue weighted by atomic mass is 32.2. The second-order valence-corrected chi connectivity index (χ2v) is 7.32. The lowest BCUT2D eigenvalue weighted by Gasteiger charge is -2.25. The van der Waals surface area contributed by atoms with E-state index in [0.717, 1.165) is 31.2 Å². The Morgan fingerprint density at radius 1 is 1.21 bits per heavy atom. The molecule has 0 bridgehead atoms. The van der Waals surface area contributed by atoms with E-state index >= 15 is 0 Å². The van der Waals surface area contributed by atoms with Gasteiger partial charge in [-0.15, -0.1) is 0 Å². The number of sulfonamides is 1. The maximum Gasteiger partial charge on any atom is 0.243 e. The third-order valence-corrected chi connectivity index (χ3v) is 6.32. The number of benzene rings is 1. The maximum absolute atomic E-state index is 12.8. The van der Waals surface area contributed by atoms with Crippen LogP contribution in [0.5, 0.6) is 0 Å². The van der Waals surface area contributed by atoms with Gasteiger partial charge < -0.3 is 5.73 Å². The number of nitrogens with two attached hydrogens (primary N) is 1. The molecule has 0 aromatic heterocycles. The average molecular weight is 282 g/mol. The molecular formula is C14H22N2O2S. The van der Waals surface area contributed by atoms with Crippen molar-refractivity contribution in [3.8, 4) is 0 Å². The topological polar surface area (TPSA) is 63.4 Å². The van der Waals surface area contributed by atoms with E-state index in [9.17, 15) is 8.42 Å². The molecule has 19 heavy (non-hydrogen) atoms. The zero-order chi connectivity index (χ0) is 14.2. The zero-order valence-corrected chi connectivity index (χ0v) is 12.6. The monoisotopic (exact) mass is 282 g/mol. The molecule has 0 amide bonds. The lowest BCUT2D eigenvalue weighted by atomic mass is 10.1. The van der Waals surface area contributed by atoms with Crippen molar-refractivity contribution in [1.82, 2.24) is 4.31 Å². The molecule has 2 rings (SSSR count). The van der Waals surface area contributed by atoms with Gasteiger partial charge >= 0.3 is 0 Å². The van der Waals surface area contributed by atoms with E-state index in [1.807, 2.05) is 6.92 Å². The van der Waals surface area contributed by atoms with Gasteiger partial charge in [0.15, 0.2) is 0 Å². The molecule has 0 saturated heterocycles. The van der Waals surface area contributed by atoms with E-state index in [2.05, 4.69) is 0 Å². The number of anilines is 1. The average Bonchev–Trinajstić information content (AvgIpc) is 2.86. The summed E-state index contributed by atoms with van der Waals surface area (Å²) in [4.78, 5) is 0.377. The van der Waals surface area contributed by atoms with E-state index in [4.69, 9.17) is 5.73 Å². The predicted molar refractivity (Wildman–Crippen MR) is 77.5 cm³/mol. The minimum absolute atomic E-state index is 0.130. The molecule has 0 spiro atoms. The number of hydrogen-bond acceptors (Lipinski definition) is 3. The molecule has 1 aromatic rings. The normalized spacial score (nSPS) is 17.3. The lowest BCUT2D eigenvalue weighted by molar-refractivity contribution is 0.372. The fraction of sp³-hybridized carbons (Fsp3) is 0.571. The summed E-state index contributed by atoms with van der Waals surface area (Å²) >= 11 is 0. The molecule has 106 valence electrons. The van der Waals surface area contributed by atoms with E-state index in [1.165, 1.54) is 4.31 Å². The Kier molecular flexibility index (Phi) is 3.87. The highest BCUT2D eigenvalue weighted by molar-refractivity contribution is 7.89. The van der Waals surface area contributed by atoms with E-state index in [-0.39, 0.29) is 6.04 Å². The van der Waals surface area contributed by atoms with Gasteiger partial charge in [0, 0.05) is 18.8 Å². The van der Waals surface area contributed by atoms with Crippen LogP contribution in [0, 0.1) is 13.8 Å². The standard InChI is InChI=1S/C14H22N2O2S/c1-10-8-9-13(15)11(2)14(10)19(17,18)16(3)12-6-4-5-7-12/h8-9,12H,4-7,15H2,1-3H3. The van der Waals surface area contributed by atoms with Crippen molar-refractivity contribution in [2.24, 2.45) is 0 Å². The van der Waals surface area contributed by atoms with Crippen LogP contribution in [-0.4, -0.2) is 25.8 Å². The first kappa shape index (κ1) is 14.3. The molecule has 0 radical (unpaired) electrons. The molecule has 5 heteroatoms. The van der Waals surface area contributed by atoms with Crippen LogP contribution in [0.3, 0.4) is 0 Å². The van der Waals surface area contributed by atoms with Crippen molar-refractivity contribution in [3.05, 3.63) is 23.3 Å². The molecule has 1 fully saturated rings. The van der Waals surface area contributed by atoms with Crippen molar-refractivity contribution in [2.45, 2.75) is 50.5 Å². The summed E-state index contributed by atoms with van der Waals surface area (Å²) in [5.41, 5.74) is 7.81. The molecule has 2 N–H and O–H groups in total. The summed E-state index contributed by atoms with van der Waals surface area (Å²) in [6.45, 7) is 3.60. The van der Waals surface area contributed by atoms with E-state index in [0.29, 0.717) is 16.1 Å². The number of nitrogen functional groups attached to an aromatic ring is 1. The minimum atomic E-state index is -3.45. The van der Waals surface area contributed by atoms with Crippen LogP contribution in [0.1, 0.15) is 36.8 Å². The number of hydrogen-bond donors (Lipinski definition) is 1. The zero-order valence-electron chi connectivity index (χ0n) is 11.8. The fourth-order valence-corrected chi connectivity index (χ4v) is 4.72. The van der Waals surface area contributed by atoms with Crippen molar-refractivity contribution in [2.75, 3.05) is 12.8 Å². The van der Waals surface area contributed by atoms with Gasteiger partial charge in [-0.2, -0.15) is 4.31 Å². The van der Waals surface area contributed by atoms with Crippen molar-refractivity contribution >= 4 is 15.7 Å². The predicted octanol–water partition coefficient (Wildman–Crippen LogP) is 2.45. The molecular weight excluding hydrogens is 260 g/mol. The number of nitrogens with zero attached hydrogens (tertiary/aromatic N) is 1. The molecule has 4 nitrogen and oxygen atoms in total. The summed E-state index contributed by atoms with van der Waals surface area (Å²) < 4.78 is 27.1. The number of rotatable bonds is 3. The van der Waals surface area contributed by atoms with E-state index < -0.39 is 10.0 Å². The van der Waals surface area contributed by atoms with Gasteiger partial charge in [0.1, 0.15) is 0 Å². The molecule has 1 aliphatic carbocycles. The fourth-order valence-electron chi connectivity index (χ4n) is 2.85. The van der Waals surface area contributed by atoms with Gasteiger partial charge in [0.2, 0.25) is 10.0 Å². The molecule has 1 aromatic carbocycles. The van der Waals surface area contributed by atoms with Gasteiger partial charge in [-0.3, -0.25) is 0 Å². The summed E-state index contributed by atoms with van der Waals surface area (Å²) in [6.07, 6.45) is 4.13. The molecule has 0 heterocycles. The number of aryl methyl sites for hydroxylation is 1. The van der Waals surface area contributed by atoms with Crippen molar-refractivity contribution < 1.29 is 8.42 Å². The minimum Gasteiger partial charge on any atom is -0.398 e. The van der Waals surface area contributed by atoms with Gasteiger partial charge in [-0.1, -0.05) is 18.9 Å². The van der Waals surface area contributed by atoms with Crippen molar-refractivity contribution in [3.63, 3.8) is 0 Å². The second kappa shape index (κ2) is 5.13. The molecule has 0 unspecified atom stereocenters. The third-order valence-electron chi connectivity index (χ3n) is 4.12. The van der Waals surface area contributed by atoms with Gasteiger partial charge in [-0.25, -0.2) is 8.42 Å². The van der Waals surface area contributed by atoms with Crippen LogP contribution in [-0.2, 0) is 10.0 Å². The first-order chi connectivity index (χ1) is 8.85. The van der Waals surface area contributed by atoms with Gasteiger partial charge in [0.05, 0.1) is 4.90 Å². The molecule has 0 aliphatic heterocycles. The Balaban J connectivity index is 2.47. The van der Waals surface area contributed by atoms with Crippen LogP contribution in [0.25, 0.3) is 0 Å². The SMILES string of the molecule is Cc1ccc(N)c(C)c1S(=O)(=O)N(C)C1CCCC1. The molecule has 1 aliphatic rings. The van der Waals surface area contributed by atoms with Crippen LogP contribution in [0.2, 0.25) is 0 Å². The van der Waals surface area contributed by atoms with Gasteiger partial charge in [0.25, 0.3) is 0 Å². The lowest BCUT2D eigenvalue weighted by Crippen LogP contribution is -2.36. The Morgan fingerprint density at radius 3 is 2.37 bits per heavy atom. The Morgan fingerprint density at radius 2 is 1.79 bits per heavy atom. The Hall–Kier alpha value is -1.07. The van der Waals surface area contributed by atoms with Crippen molar-refractivity contribution in [1.29, 1.82) is 0 Å².